The average molecular weight is 232 g/mol. The van der Waals surface area contributed by atoms with E-state index in [0.29, 0.717) is 30.8 Å². The highest BCUT2D eigenvalue weighted by molar-refractivity contribution is 5.32. The molecular weight excluding hydrogens is 216 g/mol. The number of epoxide rings is 2. The smallest absolute Gasteiger partial charge is 0.119 e. The molecule has 0 N–H and O–H groups in total. The standard InChI is InChI=1S/C14H16O3/c1-3-10(15-7-11-8-16-11)4-2-9(1)12-5-6-13-14(12)17-13/h1-4,11-14H,5-8H2. The lowest BCUT2D eigenvalue weighted by molar-refractivity contribution is 0.263. The van der Waals surface area contributed by atoms with E-state index in [9.17, 15) is 0 Å². The Morgan fingerprint density at radius 3 is 2.59 bits per heavy atom. The van der Waals surface area contributed by atoms with Crippen molar-refractivity contribution >= 4 is 0 Å². The lowest BCUT2D eigenvalue weighted by Crippen LogP contribution is -2.05. The summed E-state index contributed by atoms with van der Waals surface area (Å²) in [4.78, 5) is 0. The van der Waals surface area contributed by atoms with Gasteiger partial charge in [0.1, 0.15) is 18.5 Å². The molecule has 1 aromatic carbocycles. The monoisotopic (exact) mass is 232 g/mol. The maximum atomic E-state index is 5.63. The van der Waals surface area contributed by atoms with Crippen LogP contribution in [0.15, 0.2) is 24.3 Å². The first-order valence-electron chi connectivity index (χ1n) is 6.40. The molecule has 2 saturated heterocycles. The van der Waals surface area contributed by atoms with Gasteiger partial charge in [-0.25, -0.2) is 0 Å². The van der Waals surface area contributed by atoms with Gasteiger partial charge in [-0.1, -0.05) is 12.1 Å². The quantitative estimate of drug-likeness (QED) is 0.746. The zero-order valence-corrected chi connectivity index (χ0v) is 9.67. The average Bonchev–Trinajstić information content (AvgIpc) is 3.28. The van der Waals surface area contributed by atoms with Crippen LogP contribution in [0.25, 0.3) is 0 Å². The second-order valence-corrected chi connectivity index (χ2v) is 5.16. The predicted molar refractivity (Wildman–Crippen MR) is 62.3 cm³/mol. The van der Waals surface area contributed by atoms with Gasteiger partial charge in [-0.2, -0.15) is 0 Å². The third-order valence-electron chi connectivity index (χ3n) is 3.93. The molecule has 3 nitrogen and oxygen atoms in total. The van der Waals surface area contributed by atoms with Gasteiger partial charge in [-0.05, 0) is 30.5 Å². The Hall–Kier alpha value is -1.06. The highest BCUT2D eigenvalue weighted by Crippen LogP contribution is 2.48. The van der Waals surface area contributed by atoms with Crippen LogP contribution in [0, 0.1) is 0 Å². The molecule has 2 heterocycles. The zero-order valence-electron chi connectivity index (χ0n) is 9.67. The first kappa shape index (κ1) is 9.92. The van der Waals surface area contributed by atoms with E-state index in [1.165, 1.54) is 18.4 Å². The number of hydrogen-bond acceptors (Lipinski definition) is 3. The molecule has 0 aromatic heterocycles. The topological polar surface area (TPSA) is 34.3 Å². The van der Waals surface area contributed by atoms with Crippen LogP contribution in [-0.2, 0) is 9.47 Å². The van der Waals surface area contributed by atoms with E-state index in [1.54, 1.807) is 0 Å². The summed E-state index contributed by atoms with van der Waals surface area (Å²) in [5.74, 6) is 1.55. The minimum absolute atomic E-state index is 0.324. The van der Waals surface area contributed by atoms with Crippen LogP contribution in [0.3, 0.4) is 0 Å². The summed E-state index contributed by atoms with van der Waals surface area (Å²) in [6.07, 6.45) is 3.88. The maximum Gasteiger partial charge on any atom is 0.119 e. The van der Waals surface area contributed by atoms with Crippen molar-refractivity contribution in [3.05, 3.63) is 29.8 Å². The Bertz CT molecular complexity index is 410. The third kappa shape index (κ3) is 1.94. The van der Waals surface area contributed by atoms with Crippen molar-refractivity contribution < 1.29 is 14.2 Å². The first-order chi connectivity index (χ1) is 8.40. The Kier molecular flexibility index (Phi) is 2.17. The highest BCUT2D eigenvalue weighted by Gasteiger charge is 2.50. The van der Waals surface area contributed by atoms with Gasteiger partial charge >= 0.3 is 0 Å². The normalized spacial score (nSPS) is 37.6. The Labute approximate surface area is 101 Å². The molecule has 1 saturated carbocycles. The minimum atomic E-state index is 0.324. The molecule has 90 valence electrons. The van der Waals surface area contributed by atoms with Gasteiger partial charge < -0.3 is 14.2 Å². The van der Waals surface area contributed by atoms with Crippen molar-refractivity contribution in [3.63, 3.8) is 0 Å². The SMILES string of the molecule is c1cc(C2CCC3OC32)ccc1OCC1CO1. The zero-order chi connectivity index (χ0) is 11.2. The highest BCUT2D eigenvalue weighted by atomic mass is 16.6. The summed E-state index contributed by atoms with van der Waals surface area (Å²) in [7, 11) is 0. The van der Waals surface area contributed by atoms with Crippen LogP contribution >= 0.6 is 0 Å². The van der Waals surface area contributed by atoms with Gasteiger partial charge in [-0.3, -0.25) is 0 Å². The fraction of sp³-hybridized carbons (Fsp3) is 0.571. The molecule has 0 spiro atoms. The minimum Gasteiger partial charge on any atom is -0.491 e. The summed E-state index contributed by atoms with van der Waals surface area (Å²) >= 11 is 0. The van der Waals surface area contributed by atoms with Crippen molar-refractivity contribution in [1.29, 1.82) is 0 Å². The number of hydrogen-bond donors (Lipinski definition) is 0. The molecule has 2 aliphatic heterocycles. The van der Waals surface area contributed by atoms with Gasteiger partial charge in [0.2, 0.25) is 0 Å². The van der Waals surface area contributed by atoms with Gasteiger partial charge in [0.25, 0.3) is 0 Å². The molecule has 1 aliphatic carbocycles. The van der Waals surface area contributed by atoms with E-state index in [1.807, 2.05) is 0 Å². The van der Waals surface area contributed by atoms with Gasteiger partial charge in [0, 0.05) is 5.92 Å². The van der Waals surface area contributed by atoms with Gasteiger partial charge in [0.05, 0.1) is 18.8 Å². The number of rotatable bonds is 4. The number of ether oxygens (including phenoxy) is 3. The molecule has 0 bridgehead atoms. The molecular formula is C14H16O3. The van der Waals surface area contributed by atoms with E-state index in [2.05, 4.69) is 24.3 Å². The Morgan fingerprint density at radius 2 is 2.00 bits per heavy atom. The van der Waals surface area contributed by atoms with Crippen molar-refractivity contribution in [2.24, 2.45) is 0 Å². The van der Waals surface area contributed by atoms with Crippen molar-refractivity contribution in [3.8, 4) is 5.75 Å². The van der Waals surface area contributed by atoms with E-state index in [-0.39, 0.29) is 0 Å². The Balaban J connectivity index is 1.42. The van der Waals surface area contributed by atoms with Crippen LogP contribution in [0.1, 0.15) is 24.3 Å². The molecule has 3 aliphatic rings. The molecule has 4 unspecified atom stereocenters. The van der Waals surface area contributed by atoms with Crippen molar-refractivity contribution in [2.45, 2.75) is 37.1 Å². The molecule has 0 radical (unpaired) electrons. The number of fused-ring (bicyclic) bond motifs is 1. The molecule has 3 fully saturated rings. The van der Waals surface area contributed by atoms with Crippen LogP contribution < -0.4 is 4.74 Å². The lowest BCUT2D eigenvalue weighted by Gasteiger charge is -2.12. The van der Waals surface area contributed by atoms with E-state index >= 15 is 0 Å². The van der Waals surface area contributed by atoms with Crippen molar-refractivity contribution in [2.75, 3.05) is 13.2 Å². The van der Waals surface area contributed by atoms with Crippen LogP contribution in [0.5, 0.6) is 5.75 Å². The summed E-state index contributed by atoms with van der Waals surface area (Å²) in [6.45, 7) is 1.52. The molecule has 17 heavy (non-hydrogen) atoms. The van der Waals surface area contributed by atoms with Crippen LogP contribution in [-0.4, -0.2) is 31.5 Å². The summed E-state index contributed by atoms with van der Waals surface area (Å²) in [5.41, 5.74) is 1.39. The summed E-state index contributed by atoms with van der Waals surface area (Å²) < 4.78 is 16.3. The van der Waals surface area contributed by atoms with Gasteiger partial charge in [0.15, 0.2) is 0 Å². The molecule has 4 rings (SSSR count). The fourth-order valence-electron chi connectivity index (χ4n) is 2.77. The van der Waals surface area contributed by atoms with Crippen molar-refractivity contribution in [1.82, 2.24) is 0 Å². The summed E-state index contributed by atoms with van der Waals surface area (Å²) in [5, 5.41) is 0. The summed E-state index contributed by atoms with van der Waals surface area (Å²) in [6, 6.07) is 8.48. The van der Waals surface area contributed by atoms with E-state index in [4.69, 9.17) is 14.2 Å². The fourth-order valence-corrected chi connectivity index (χ4v) is 2.77. The number of benzene rings is 1. The van der Waals surface area contributed by atoms with Crippen LogP contribution in [0.2, 0.25) is 0 Å². The van der Waals surface area contributed by atoms with E-state index in [0.717, 1.165) is 12.4 Å². The molecule has 0 amide bonds. The third-order valence-corrected chi connectivity index (χ3v) is 3.93. The van der Waals surface area contributed by atoms with E-state index < -0.39 is 0 Å². The molecule has 4 atom stereocenters. The second-order valence-electron chi connectivity index (χ2n) is 5.16. The Morgan fingerprint density at radius 1 is 1.18 bits per heavy atom. The second kappa shape index (κ2) is 3.72. The largest absolute Gasteiger partial charge is 0.491 e. The van der Waals surface area contributed by atoms with Crippen LogP contribution in [0.4, 0.5) is 0 Å². The first-order valence-corrected chi connectivity index (χ1v) is 6.40. The predicted octanol–water partition coefficient (Wildman–Crippen LogP) is 2.11. The van der Waals surface area contributed by atoms with Gasteiger partial charge in [-0.15, -0.1) is 0 Å². The lowest BCUT2D eigenvalue weighted by atomic mass is 9.97. The molecule has 1 aromatic rings. The molecule has 3 heteroatoms. The maximum absolute atomic E-state index is 5.63.